The average Bonchev–Trinajstić information content (AvgIpc) is 2.47. The molecule has 0 aromatic heterocycles. The van der Waals surface area contributed by atoms with E-state index in [0.29, 0.717) is 13.2 Å². The van der Waals surface area contributed by atoms with Crippen LogP contribution >= 0.6 is 0 Å². The molecule has 76 valence electrons. The van der Waals surface area contributed by atoms with Gasteiger partial charge in [0.1, 0.15) is 5.75 Å². The Morgan fingerprint density at radius 3 is 2.57 bits per heavy atom. The van der Waals surface area contributed by atoms with Crippen molar-refractivity contribution in [3.8, 4) is 5.75 Å². The highest BCUT2D eigenvalue weighted by Crippen LogP contribution is 2.28. The molecule has 0 unspecified atom stereocenters. The maximum Gasteiger partial charge on any atom is 0.573 e. The molecule has 0 aliphatic carbocycles. The summed E-state index contributed by atoms with van der Waals surface area (Å²) in [5.41, 5.74) is 1.67. The van der Waals surface area contributed by atoms with E-state index in [1.54, 1.807) is 6.07 Å². The molecule has 0 atom stereocenters. The van der Waals surface area contributed by atoms with E-state index in [1.807, 2.05) is 0 Å². The maximum atomic E-state index is 11.8. The molecule has 0 amide bonds. The zero-order valence-corrected chi connectivity index (χ0v) is 7.10. The van der Waals surface area contributed by atoms with E-state index >= 15 is 0 Å². The molecular weight excluding hydrogens is 197 g/mol. The molecule has 0 N–H and O–H groups in total. The fourth-order valence-corrected chi connectivity index (χ4v) is 1.35. The Hall–Kier alpha value is -1.23. The van der Waals surface area contributed by atoms with Crippen LogP contribution in [0.1, 0.15) is 11.1 Å². The van der Waals surface area contributed by atoms with Crippen LogP contribution in [0.4, 0.5) is 13.2 Å². The van der Waals surface area contributed by atoms with Crippen LogP contribution in [0.3, 0.4) is 0 Å². The second kappa shape index (κ2) is 3.16. The highest BCUT2D eigenvalue weighted by molar-refractivity contribution is 5.36. The molecule has 0 fully saturated rings. The SMILES string of the molecule is FC(F)(F)Oc1ccc2c(c1)COC2. The summed E-state index contributed by atoms with van der Waals surface area (Å²) in [5.74, 6) is -0.193. The first kappa shape index (κ1) is 9.33. The van der Waals surface area contributed by atoms with Crippen molar-refractivity contribution in [3.63, 3.8) is 0 Å². The predicted octanol–water partition coefficient (Wildman–Crippen LogP) is 2.62. The lowest BCUT2D eigenvalue weighted by Crippen LogP contribution is -2.17. The minimum absolute atomic E-state index is 0.193. The summed E-state index contributed by atoms with van der Waals surface area (Å²) in [5, 5.41) is 0. The van der Waals surface area contributed by atoms with E-state index < -0.39 is 6.36 Å². The summed E-state index contributed by atoms with van der Waals surface area (Å²) in [6, 6.07) is 4.24. The molecule has 0 radical (unpaired) electrons. The summed E-state index contributed by atoms with van der Waals surface area (Å²) in [7, 11) is 0. The lowest BCUT2D eigenvalue weighted by Gasteiger charge is -2.09. The molecule has 1 aromatic carbocycles. The first-order chi connectivity index (χ1) is 6.54. The Bertz CT molecular complexity index is 346. The van der Waals surface area contributed by atoms with Crippen LogP contribution in [0, 0.1) is 0 Å². The normalized spacial score (nSPS) is 15.4. The van der Waals surface area contributed by atoms with Crippen molar-refractivity contribution in [2.75, 3.05) is 0 Å². The van der Waals surface area contributed by atoms with Crippen LogP contribution in [-0.2, 0) is 18.0 Å². The van der Waals surface area contributed by atoms with Crippen LogP contribution < -0.4 is 4.74 Å². The standard InChI is InChI=1S/C9H7F3O2/c10-9(11,12)14-8-2-1-6-4-13-5-7(6)3-8/h1-3H,4-5H2. The minimum Gasteiger partial charge on any atom is -0.406 e. The third-order valence-corrected chi connectivity index (χ3v) is 1.93. The molecule has 5 heteroatoms. The van der Waals surface area contributed by atoms with Crippen molar-refractivity contribution in [1.82, 2.24) is 0 Å². The zero-order chi connectivity index (χ0) is 10.2. The molecule has 0 saturated heterocycles. The van der Waals surface area contributed by atoms with Crippen molar-refractivity contribution in [2.24, 2.45) is 0 Å². The van der Waals surface area contributed by atoms with Gasteiger partial charge in [-0.15, -0.1) is 13.2 Å². The van der Waals surface area contributed by atoms with E-state index in [0.717, 1.165) is 11.1 Å². The smallest absolute Gasteiger partial charge is 0.406 e. The number of benzene rings is 1. The lowest BCUT2D eigenvalue weighted by atomic mass is 10.1. The molecular formula is C9H7F3O2. The fraction of sp³-hybridized carbons (Fsp3) is 0.333. The fourth-order valence-electron chi connectivity index (χ4n) is 1.35. The molecule has 1 aliphatic heterocycles. The van der Waals surface area contributed by atoms with Gasteiger partial charge in [0, 0.05) is 0 Å². The van der Waals surface area contributed by atoms with Gasteiger partial charge < -0.3 is 9.47 Å². The van der Waals surface area contributed by atoms with E-state index in [2.05, 4.69) is 4.74 Å². The van der Waals surface area contributed by atoms with Crippen LogP contribution in [0.25, 0.3) is 0 Å². The van der Waals surface area contributed by atoms with Gasteiger partial charge >= 0.3 is 6.36 Å². The van der Waals surface area contributed by atoms with Crippen molar-refractivity contribution >= 4 is 0 Å². The summed E-state index contributed by atoms with van der Waals surface area (Å²) < 4.78 is 44.4. The van der Waals surface area contributed by atoms with Gasteiger partial charge in [0.25, 0.3) is 0 Å². The zero-order valence-electron chi connectivity index (χ0n) is 7.10. The Morgan fingerprint density at radius 2 is 1.86 bits per heavy atom. The van der Waals surface area contributed by atoms with Gasteiger partial charge in [0.2, 0.25) is 0 Å². The molecule has 14 heavy (non-hydrogen) atoms. The molecule has 1 aliphatic rings. The predicted molar refractivity (Wildman–Crippen MR) is 41.6 cm³/mol. The first-order valence-corrected chi connectivity index (χ1v) is 4.00. The van der Waals surface area contributed by atoms with E-state index in [4.69, 9.17) is 4.74 Å². The van der Waals surface area contributed by atoms with Gasteiger partial charge in [-0.25, -0.2) is 0 Å². The number of hydrogen-bond acceptors (Lipinski definition) is 2. The van der Waals surface area contributed by atoms with Gasteiger partial charge in [0.05, 0.1) is 13.2 Å². The van der Waals surface area contributed by atoms with Gasteiger partial charge in [-0.1, -0.05) is 6.07 Å². The quantitative estimate of drug-likeness (QED) is 0.700. The van der Waals surface area contributed by atoms with Gasteiger partial charge in [-0.2, -0.15) is 0 Å². The van der Waals surface area contributed by atoms with Gasteiger partial charge in [0.15, 0.2) is 0 Å². The molecule has 2 rings (SSSR count). The van der Waals surface area contributed by atoms with E-state index in [1.165, 1.54) is 12.1 Å². The number of halogens is 3. The van der Waals surface area contributed by atoms with Crippen molar-refractivity contribution in [2.45, 2.75) is 19.6 Å². The molecule has 0 saturated carbocycles. The summed E-state index contributed by atoms with van der Waals surface area (Å²) in [4.78, 5) is 0. The van der Waals surface area contributed by atoms with Crippen LogP contribution in [-0.4, -0.2) is 6.36 Å². The average molecular weight is 204 g/mol. The molecule has 1 aromatic rings. The van der Waals surface area contributed by atoms with Crippen LogP contribution in [0.5, 0.6) is 5.75 Å². The van der Waals surface area contributed by atoms with Crippen LogP contribution in [0.15, 0.2) is 18.2 Å². The molecule has 2 nitrogen and oxygen atoms in total. The number of hydrogen-bond donors (Lipinski definition) is 0. The Labute approximate surface area is 78.2 Å². The Morgan fingerprint density at radius 1 is 1.14 bits per heavy atom. The maximum absolute atomic E-state index is 11.8. The molecule has 0 spiro atoms. The minimum atomic E-state index is -4.63. The second-order valence-corrected chi connectivity index (χ2v) is 2.97. The summed E-state index contributed by atoms with van der Waals surface area (Å²) in [6.45, 7) is 0.812. The first-order valence-electron chi connectivity index (χ1n) is 4.00. The van der Waals surface area contributed by atoms with E-state index in [9.17, 15) is 13.2 Å². The highest BCUT2D eigenvalue weighted by atomic mass is 19.4. The molecule has 1 heterocycles. The lowest BCUT2D eigenvalue weighted by molar-refractivity contribution is -0.274. The number of ether oxygens (including phenoxy) is 2. The van der Waals surface area contributed by atoms with Crippen molar-refractivity contribution in [1.29, 1.82) is 0 Å². The number of alkyl halides is 3. The Balaban J connectivity index is 2.21. The summed E-state index contributed by atoms with van der Waals surface area (Å²) in [6.07, 6.45) is -4.63. The van der Waals surface area contributed by atoms with E-state index in [-0.39, 0.29) is 5.75 Å². The number of fused-ring (bicyclic) bond motifs is 1. The largest absolute Gasteiger partial charge is 0.573 e. The number of rotatable bonds is 1. The third-order valence-electron chi connectivity index (χ3n) is 1.93. The topological polar surface area (TPSA) is 18.5 Å². The monoisotopic (exact) mass is 204 g/mol. The van der Waals surface area contributed by atoms with Gasteiger partial charge in [-0.3, -0.25) is 0 Å². The Kier molecular flexibility index (Phi) is 2.11. The molecule has 0 bridgehead atoms. The van der Waals surface area contributed by atoms with Crippen molar-refractivity contribution < 1.29 is 22.6 Å². The second-order valence-electron chi connectivity index (χ2n) is 2.97. The van der Waals surface area contributed by atoms with Gasteiger partial charge in [-0.05, 0) is 23.3 Å². The van der Waals surface area contributed by atoms with Crippen molar-refractivity contribution in [3.05, 3.63) is 29.3 Å². The highest BCUT2D eigenvalue weighted by Gasteiger charge is 2.31. The third kappa shape index (κ3) is 1.98. The summed E-state index contributed by atoms with van der Waals surface area (Å²) >= 11 is 0. The van der Waals surface area contributed by atoms with Crippen LogP contribution in [0.2, 0.25) is 0 Å².